The van der Waals surface area contributed by atoms with Crippen LogP contribution in [0.15, 0.2) is 48.5 Å². The van der Waals surface area contributed by atoms with Gasteiger partial charge < -0.3 is 4.74 Å². The first-order valence-electron chi connectivity index (χ1n) is 7.53. The summed E-state index contributed by atoms with van der Waals surface area (Å²) < 4.78 is 30.9. The molecule has 0 aliphatic heterocycles. The molecule has 6 nitrogen and oxygen atoms in total. The van der Waals surface area contributed by atoms with Crippen LogP contribution in [0, 0.1) is 11.3 Å². The van der Waals surface area contributed by atoms with Gasteiger partial charge in [0.15, 0.2) is 5.78 Å². The van der Waals surface area contributed by atoms with E-state index in [1.165, 1.54) is 11.2 Å². The van der Waals surface area contributed by atoms with Crippen molar-refractivity contribution in [2.24, 2.45) is 0 Å². The SMILES string of the molecule is CC(=O)c1ccc(N(CCOc2ccc(C#N)cc2)S(C)(=O)=O)cc1. The molecule has 0 saturated carbocycles. The predicted octanol–water partition coefficient (Wildman–Crippen LogP) is 2.61. The third-order valence-electron chi connectivity index (χ3n) is 3.51. The number of nitriles is 1. The zero-order valence-corrected chi connectivity index (χ0v) is 14.8. The third-order valence-corrected chi connectivity index (χ3v) is 4.70. The minimum atomic E-state index is -3.49. The number of carbonyl (C=O) groups excluding carboxylic acids is 1. The molecule has 0 heterocycles. The summed E-state index contributed by atoms with van der Waals surface area (Å²) in [5.41, 5.74) is 1.51. The van der Waals surface area contributed by atoms with Gasteiger partial charge in [-0.2, -0.15) is 5.26 Å². The van der Waals surface area contributed by atoms with Crippen molar-refractivity contribution in [2.45, 2.75) is 6.92 Å². The second kappa shape index (κ2) is 7.81. The minimum absolute atomic E-state index is 0.0818. The van der Waals surface area contributed by atoms with Gasteiger partial charge in [-0.1, -0.05) is 0 Å². The van der Waals surface area contributed by atoms with Crippen molar-refractivity contribution in [3.63, 3.8) is 0 Å². The number of rotatable bonds is 7. The number of benzene rings is 2. The first-order chi connectivity index (χ1) is 11.8. The highest BCUT2D eigenvalue weighted by Gasteiger charge is 2.17. The van der Waals surface area contributed by atoms with Gasteiger partial charge in [-0.05, 0) is 55.5 Å². The average molecular weight is 358 g/mol. The quantitative estimate of drug-likeness (QED) is 0.710. The lowest BCUT2D eigenvalue weighted by molar-refractivity contribution is 0.101. The van der Waals surface area contributed by atoms with E-state index in [-0.39, 0.29) is 18.9 Å². The fourth-order valence-electron chi connectivity index (χ4n) is 2.22. The van der Waals surface area contributed by atoms with Crippen molar-refractivity contribution in [1.29, 1.82) is 5.26 Å². The first-order valence-corrected chi connectivity index (χ1v) is 9.38. The number of nitrogens with zero attached hydrogens (tertiary/aromatic N) is 2. The van der Waals surface area contributed by atoms with Crippen molar-refractivity contribution in [3.05, 3.63) is 59.7 Å². The summed E-state index contributed by atoms with van der Waals surface area (Å²) in [6, 6.07) is 15.0. The highest BCUT2D eigenvalue weighted by atomic mass is 32.2. The minimum Gasteiger partial charge on any atom is -0.492 e. The zero-order chi connectivity index (χ0) is 18.4. The molecule has 0 unspecified atom stereocenters. The molecule has 0 aliphatic rings. The van der Waals surface area contributed by atoms with Crippen LogP contribution < -0.4 is 9.04 Å². The van der Waals surface area contributed by atoms with Crippen LogP contribution in [0.3, 0.4) is 0 Å². The van der Waals surface area contributed by atoms with Gasteiger partial charge in [0.1, 0.15) is 12.4 Å². The lowest BCUT2D eigenvalue weighted by Crippen LogP contribution is -2.33. The van der Waals surface area contributed by atoms with Crippen molar-refractivity contribution < 1.29 is 17.9 Å². The maximum absolute atomic E-state index is 12.0. The second-order valence-corrected chi connectivity index (χ2v) is 7.33. The van der Waals surface area contributed by atoms with Crippen molar-refractivity contribution in [1.82, 2.24) is 0 Å². The lowest BCUT2D eigenvalue weighted by atomic mass is 10.1. The Labute approximate surface area is 147 Å². The van der Waals surface area contributed by atoms with Gasteiger partial charge >= 0.3 is 0 Å². The van der Waals surface area contributed by atoms with Crippen LogP contribution >= 0.6 is 0 Å². The van der Waals surface area contributed by atoms with Crippen LogP contribution in [-0.2, 0) is 10.0 Å². The molecule has 2 aromatic rings. The molecular weight excluding hydrogens is 340 g/mol. The van der Waals surface area contributed by atoms with Crippen LogP contribution in [0.4, 0.5) is 5.69 Å². The van der Waals surface area contributed by atoms with E-state index < -0.39 is 10.0 Å². The molecule has 25 heavy (non-hydrogen) atoms. The van der Waals surface area contributed by atoms with Crippen LogP contribution in [0.1, 0.15) is 22.8 Å². The smallest absolute Gasteiger partial charge is 0.232 e. The summed E-state index contributed by atoms with van der Waals surface area (Å²) in [6.45, 7) is 1.72. The van der Waals surface area contributed by atoms with E-state index in [1.807, 2.05) is 6.07 Å². The fraction of sp³-hybridized carbons (Fsp3) is 0.222. The lowest BCUT2D eigenvalue weighted by Gasteiger charge is -2.22. The van der Waals surface area contributed by atoms with Gasteiger partial charge in [0, 0.05) is 5.56 Å². The summed E-state index contributed by atoms with van der Waals surface area (Å²) >= 11 is 0. The number of Topliss-reactive ketones (excluding diaryl/α,β-unsaturated/α-hetero) is 1. The molecular formula is C18H18N2O4S. The Morgan fingerprint density at radius 2 is 1.72 bits per heavy atom. The number of anilines is 1. The topological polar surface area (TPSA) is 87.5 Å². The number of sulfonamides is 1. The van der Waals surface area contributed by atoms with Crippen molar-refractivity contribution >= 4 is 21.5 Å². The molecule has 0 N–H and O–H groups in total. The summed E-state index contributed by atoms with van der Waals surface area (Å²) in [5, 5.41) is 8.76. The summed E-state index contributed by atoms with van der Waals surface area (Å²) in [5.74, 6) is 0.473. The van der Waals surface area contributed by atoms with Gasteiger partial charge in [0.25, 0.3) is 0 Å². The van der Waals surface area contributed by atoms with E-state index in [9.17, 15) is 13.2 Å². The fourth-order valence-corrected chi connectivity index (χ4v) is 3.13. The number of ketones is 1. The molecule has 0 spiro atoms. The molecule has 0 aromatic heterocycles. The van der Waals surface area contributed by atoms with Crippen molar-refractivity contribution in [3.8, 4) is 11.8 Å². The molecule has 0 fully saturated rings. The van der Waals surface area contributed by atoms with E-state index >= 15 is 0 Å². The molecule has 0 saturated heterocycles. The maximum Gasteiger partial charge on any atom is 0.232 e. The normalized spacial score (nSPS) is 10.8. The number of carbonyl (C=O) groups is 1. The van der Waals surface area contributed by atoms with E-state index in [2.05, 4.69) is 0 Å². The van der Waals surface area contributed by atoms with E-state index in [0.717, 1.165) is 6.26 Å². The van der Waals surface area contributed by atoms with Crippen LogP contribution in [0.2, 0.25) is 0 Å². The predicted molar refractivity (Wildman–Crippen MR) is 95.3 cm³/mol. The molecule has 0 atom stereocenters. The van der Waals surface area contributed by atoms with Crippen LogP contribution in [0.25, 0.3) is 0 Å². The summed E-state index contributed by atoms with van der Waals surface area (Å²) in [7, 11) is -3.49. The Balaban J connectivity index is 2.08. The third kappa shape index (κ3) is 5.06. The van der Waals surface area contributed by atoms with Gasteiger partial charge in [-0.3, -0.25) is 9.10 Å². The second-order valence-electron chi connectivity index (χ2n) is 5.42. The average Bonchev–Trinajstić information content (AvgIpc) is 2.58. The standard InChI is InChI=1S/C18H18N2O4S/c1-14(21)16-5-7-17(8-6-16)20(25(2,22)23)11-12-24-18-9-3-15(13-19)4-10-18/h3-10H,11-12H2,1-2H3. The number of hydrogen-bond donors (Lipinski definition) is 0. The Bertz CT molecular complexity index is 882. The van der Waals surface area contributed by atoms with E-state index in [4.69, 9.17) is 10.00 Å². The largest absolute Gasteiger partial charge is 0.492 e. The van der Waals surface area contributed by atoms with Crippen molar-refractivity contribution in [2.75, 3.05) is 23.7 Å². The van der Waals surface area contributed by atoms with Gasteiger partial charge in [0.05, 0.1) is 30.1 Å². The molecule has 0 bridgehead atoms. The molecule has 7 heteroatoms. The summed E-state index contributed by atoms with van der Waals surface area (Å²) in [4.78, 5) is 11.3. The van der Waals surface area contributed by atoms with Gasteiger partial charge in [0.2, 0.25) is 10.0 Å². The molecule has 2 rings (SSSR count). The Kier molecular flexibility index (Phi) is 5.78. The monoisotopic (exact) mass is 358 g/mol. The van der Waals surface area contributed by atoms with Crippen LogP contribution in [0.5, 0.6) is 5.75 Å². The summed E-state index contributed by atoms with van der Waals surface area (Å²) in [6.07, 6.45) is 1.12. The molecule has 0 amide bonds. The molecule has 130 valence electrons. The van der Waals surface area contributed by atoms with Gasteiger partial charge in [-0.25, -0.2) is 8.42 Å². The van der Waals surface area contributed by atoms with E-state index in [0.29, 0.717) is 22.6 Å². The Morgan fingerprint density at radius 1 is 1.12 bits per heavy atom. The van der Waals surface area contributed by atoms with E-state index in [1.54, 1.807) is 48.5 Å². The number of hydrogen-bond acceptors (Lipinski definition) is 5. The highest BCUT2D eigenvalue weighted by molar-refractivity contribution is 7.92. The zero-order valence-electron chi connectivity index (χ0n) is 14.0. The Hall–Kier alpha value is -2.85. The molecule has 2 aromatic carbocycles. The highest BCUT2D eigenvalue weighted by Crippen LogP contribution is 2.19. The molecule has 0 aliphatic carbocycles. The van der Waals surface area contributed by atoms with Crippen LogP contribution in [-0.4, -0.2) is 33.6 Å². The number of ether oxygens (including phenoxy) is 1. The Morgan fingerprint density at radius 3 is 2.20 bits per heavy atom. The molecule has 0 radical (unpaired) electrons. The maximum atomic E-state index is 12.0. The first kappa shape index (κ1) is 18.5. The van der Waals surface area contributed by atoms with Gasteiger partial charge in [-0.15, -0.1) is 0 Å².